The van der Waals surface area contributed by atoms with Crippen molar-refractivity contribution in [1.82, 2.24) is 15.2 Å². The van der Waals surface area contributed by atoms with Crippen LogP contribution < -0.4 is 5.43 Å². The fraction of sp³-hybridized carbons (Fsp3) is 0. The number of nitro groups is 1. The van der Waals surface area contributed by atoms with Crippen molar-refractivity contribution in [3.8, 4) is 16.9 Å². The van der Waals surface area contributed by atoms with E-state index in [2.05, 4.69) is 15.6 Å². The summed E-state index contributed by atoms with van der Waals surface area (Å²) >= 11 is 0. The molecule has 148 valence electrons. The largest absolute Gasteiger partial charge is 0.459 e. The number of nitrogens with zero attached hydrogens (tertiary/aromatic N) is 4. The molecule has 2 aromatic carbocycles. The van der Waals surface area contributed by atoms with E-state index in [1.807, 2.05) is 30.3 Å². The van der Waals surface area contributed by atoms with Crippen LogP contribution in [0.1, 0.15) is 16.1 Å². The van der Waals surface area contributed by atoms with Gasteiger partial charge in [-0.2, -0.15) is 10.2 Å². The number of nitrogens with one attached hydrogen (secondary N) is 1. The molecular weight excluding hydrogens is 386 g/mol. The van der Waals surface area contributed by atoms with Gasteiger partial charge < -0.3 is 4.42 Å². The molecule has 1 amide bonds. The number of aromatic nitrogens is 2. The van der Waals surface area contributed by atoms with E-state index in [1.165, 1.54) is 30.7 Å². The fourth-order valence-electron chi connectivity index (χ4n) is 2.78. The molecule has 9 nitrogen and oxygen atoms in total. The van der Waals surface area contributed by atoms with Gasteiger partial charge in [0.25, 0.3) is 5.69 Å². The van der Waals surface area contributed by atoms with Gasteiger partial charge in [0.05, 0.1) is 23.1 Å². The molecule has 0 unspecified atom stereocenters. The summed E-state index contributed by atoms with van der Waals surface area (Å²) < 4.78 is 6.63. The van der Waals surface area contributed by atoms with E-state index in [0.29, 0.717) is 16.9 Å². The van der Waals surface area contributed by atoms with Crippen LogP contribution in [0.4, 0.5) is 5.69 Å². The normalized spacial score (nSPS) is 10.9. The highest BCUT2D eigenvalue weighted by Gasteiger charge is 2.13. The number of hydrogen-bond donors (Lipinski definition) is 1. The maximum Gasteiger partial charge on any atom is 0.307 e. The zero-order chi connectivity index (χ0) is 20.9. The Morgan fingerprint density at radius 2 is 1.87 bits per heavy atom. The molecule has 0 bridgehead atoms. The lowest BCUT2D eigenvalue weighted by Gasteiger charge is -2.00. The molecule has 0 radical (unpaired) electrons. The molecule has 0 aliphatic heterocycles. The summed E-state index contributed by atoms with van der Waals surface area (Å²) in [5.74, 6) is -0.322. The lowest BCUT2D eigenvalue weighted by atomic mass is 10.1. The highest BCUT2D eigenvalue weighted by Crippen LogP contribution is 2.23. The summed E-state index contributed by atoms with van der Waals surface area (Å²) in [6, 6.07) is 18.7. The number of hydrazone groups is 1. The predicted molar refractivity (Wildman–Crippen MR) is 109 cm³/mol. The van der Waals surface area contributed by atoms with Crippen molar-refractivity contribution in [3.63, 3.8) is 0 Å². The van der Waals surface area contributed by atoms with Crippen LogP contribution in [0.2, 0.25) is 0 Å². The number of rotatable bonds is 6. The lowest BCUT2D eigenvalue weighted by Crippen LogP contribution is -2.16. The SMILES string of the molecule is O=C(NN=Cc1cn(-c2ccc([N+](=O)[O-])cc2)nc1-c1ccccc1)c1ccco1. The summed E-state index contributed by atoms with van der Waals surface area (Å²) in [7, 11) is 0. The smallest absolute Gasteiger partial charge is 0.307 e. The molecule has 2 aromatic heterocycles. The van der Waals surface area contributed by atoms with Crippen molar-refractivity contribution < 1.29 is 14.1 Å². The van der Waals surface area contributed by atoms with Crippen LogP contribution in [0.25, 0.3) is 16.9 Å². The molecule has 4 rings (SSSR count). The zero-order valence-electron chi connectivity index (χ0n) is 15.5. The molecule has 0 saturated heterocycles. The Hall–Kier alpha value is -4.53. The highest BCUT2D eigenvalue weighted by molar-refractivity contribution is 5.93. The lowest BCUT2D eigenvalue weighted by molar-refractivity contribution is -0.384. The predicted octanol–water partition coefficient (Wildman–Crippen LogP) is 3.80. The minimum absolute atomic E-state index is 0.00314. The number of benzene rings is 2. The number of hydrogen-bond acceptors (Lipinski definition) is 6. The summed E-state index contributed by atoms with van der Waals surface area (Å²) in [5.41, 5.74) is 5.21. The molecule has 0 aliphatic rings. The van der Waals surface area contributed by atoms with Crippen LogP contribution in [-0.2, 0) is 0 Å². The van der Waals surface area contributed by atoms with Crippen molar-refractivity contribution in [2.75, 3.05) is 0 Å². The molecule has 0 atom stereocenters. The van der Waals surface area contributed by atoms with E-state index in [1.54, 1.807) is 29.1 Å². The topological polar surface area (TPSA) is 116 Å². The summed E-state index contributed by atoms with van der Waals surface area (Å²) in [5, 5.41) is 19.5. The molecule has 0 fully saturated rings. The first-order valence-electron chi connectivity index (χ1n) is 8.88. The Morgan fingerprint density at radius 1 is 1.10 bits per heavy atom. The van der Waals surface area contributed by atoms with Gasteiger partial charge in [0.2, 0.25) is 0 Å². The second kappa shape index (κ2) is 8.23. The van der Waals surface area contributed by atoms with Gasteiger partial charge in [-0.1, -0.05) is 30.3 Å². The Bertz CT molecular complexity index is 1200. The number of furan rings is 1. The number of non-ortho nitro benzene ring substituents is 1. The molecule has 9 heteroatoms. The van der Waals surface area contributed by atoms with Gasteiger partial charge in [-0.15, -0.1) is 0 Å². The first kappa shape index (κ1) is 18.8. The number of amides is 1. The second-order valence-corrected chi connectivity index (χ2v) is 6.19. The minimum Gasteiger partial charge on any atom is -0.459 e. The van der Waals surface area contributed by atoms with Crippen LogP contribution in [0.5, 0.6) is 0 Å². The van der Waals surface area contributed by atoms with Gasteiger partial charge in [-0.3, -0.25) is 14.9 Å². The van der Waals surface area contributed by atoms with E-state index in [9.17, 15) is 14.9 Å². The van der Waals surface area contributed by atoms with Crippen molar-refractivity contribution in [3.05, 3.63) is 101 Å². The third-order valence-electron chi connectivity index (χ3n) is 4.23. The maximum atomic E-state index is 12.0. The highest BCUT2D eigenvalue weighted by atomic mass is 16.6. The number of carbonyl (C=O) groups excluding carboxylic acids is 1. The number of nitro benzene ring substituents is 1. The monoisotopic (exact) mass is 401 g/mol. The second-order valence-electron chi connectivity index (χ2n) is 6.19. The van der Waals surface area contributed by atoms with Gasteiger partial charge in [0, 0.05) is 29.5 Å². The quantitative estimate of drug-likeness (QED) is 0.300. The molecule has 0 saturated carbocycles. The van der Waals surface area contributed by atoms with Crippen molar-refractivity contribution in [2.45, 2.75) is 0 Å². The van der Waals surface area contributed by atoms with E-state index in [0.717, 1.165) is 5.56 Å². The fourth-order valence-corrected chi connectivity index (χ4v) is 2.78. The van der Waals surface area contributed by atoms with Crippen LogP contribution in [-0.4, -0.2) is 26.8 Å². The van der Waals surface area contributed by atoms with Crippen molar-refractivity contribution in [2.24, 2.45) is 5.10 Å². The summed E-state index contributed by atoms with van der Waals surface area (Å²) in [6.45, 7) is 0. The van der Waals surface area contributed by atoms with E-state index < -0.39 is 10.8 Å². The van der Waals surface area contributed by atoms with Crippen LogP contribution in [0.15, 0.2) is 88.7 Å². The van der Waals surface area contributed by atoms with Gasteiger partial charge in [0.1, 0.15) is 5.69 Å². The van der Waals surface area contributed by atoms with Gasteiger partial charge >= 0.3 is 5.91 Å². The van der Waals surface area contributed by atoms with E-state index >= 15 is 0 Å². The minimum atomic E-state index is -0.472. The Balaban J connectivity index is 1.65. The molecule has 2 heterocycles. The maximum absolute atomic E-state index is 12.0. The van der Waals surface area contributed by atoms with Crippen LogP contribution in [0.3, 0.4) is 0 Å². The Kier molecular flexibility index (Phi) is 5.16. The molecule has 30 heavy (non-hydrogen) atoms. The molecule has 4 aromatic rings. The molecule has 1 N–H and O–H groups in total. The van der Waals surface area contributed by atoms with Crippen molar-refractivity contribution in [1.29, 1.82) is 0 Å². The van der Waals surface area contributed by atoms with Crippen molar-refractivity contribution >= 4 is 17.8 Å². The molecule has 0 aliphatic carbocycles. The third-order valence-corrected chi connectivity index (χ3v) is 4.23. The van der Waals surface area contributed by atoms with Gasteiger partial charge in [-0.05, 0) is 24.3 Å². The Morgan fingerprint density at radius 3 is 2.53 bits per heavy atom. The average Bonchev–Trinajstić information content (AvgIpc) is 3.45. The Labute approximate surface area is 170 Å². The van der Waals surface area contributed by atoms with Gasteiger partial charge in [-0.25, -0.2) is 10.1 Å². The van der Waals surface area contributed by atoms with Crippen LogP contribution in [0, 0.1) is 10.1 Å². The third kappa shape index (κ3) is 3.99. The molecular formula is C21H15N5O4. The summed E-state index contributed by atoms with van der Waals surface area (Å²) in [4.78, 5) is 22.4. The zero-order valence-corrected chi connectivity index (χ0v) is 15.5. The number of carbonyl (C=O) groups is 1. The molecule has 0 spiro atoms. The summed E-state index contributed by atoms with van der Waals surface area (Å²) in [6.07, 6.45) is 4.62. The van der Waals surface area contributed by atoms with Crippen LogP contribution >= 0.6 is 0 Å². The standard InChI is InChI=1S/C21H15N5O4/c27-21(19-7-4-12-30-19)23-22-13-16-14-25(17-8-10-18(11-9-17)26(28)29)24-20(16)15-5-2-1-3-6-15/h1-14H,(H,23,27). The van der Waals surface area contributed by atoms with E-state index in [4.69, 9.17) is 4.42 Å². The first-order chi connectivity index (χ1) is 14.6. The van der Waals surface area contributed by atoms with Gasteiger partial charge in [0.15, 0.2) is 5.76 Å². The average molecular weight is 401 g/mol. The van der Waals surface area contributed by atoms with E-state index in [-0.39, 0.29) is 11.4 Å². The first-order valence-corrected chi connectivity index (χ1v) is 8.88.